The molecular formula is C31H61NO4. The first-order chi connectivity index (χ1) is 17.6. The van der Waals surface area contributed by atoms with Gasteiger partial charge in [0.1, 0.15) is 12.7 Å². The fourth-order valence-electron chi connectivity index (χ4n) is 4.52. The van der Waals surface area contributed by atoms with Crippen LogP contribution in [0.4, 0.5) is 0 Å². The number of nitrogens with two attached hydrogens (primary N) is 1. The van der Waals surface area contributed by atoms with Gasteiger partial charge < -0.3 is 15.2 Å². The molecule has 0 aromatic heterocycles. The topological polar surface area (TPSA) is 78.6 Å². The minimum atomic E-state index is -0.535. The number of hydrogen-bond donors (Lipinski definition) is 1. The summed E-state index contributed by atoms with van der Waals surface area (Å²) in [5.41, 5.74) is 5.71. The van der Waals surface area contributed by atoms with Gasteiger partial charge in [-0.1, -0.05) is 142 Å². The Bertz CT molecular complexity index is 483. The smallest absolute Gasteiger partial charge is 0.306 e. The molecule has 0 aromatic carbocycles. The Hall–Kier alpha value is -1.10. The van der Waals surface area contributed by atoms with Gasteiger partial charge in [0.2, 0.25) is 0 Å². The van der Waals surface area contributed by atoms with Gasteiger partial charge in [-0.25, -0.2) is 0 Å². The third-order valence-corrected chi connectivity index (χ3v) is 6.96. The van der Waals surface area contributed by atoms with Gasteiger partial charge in [0, 0.05) is 19.4 Å². The number of ether oxygens (including phenoxy) is 2. The van der Waals surface area contributed by atoms with Crippen molar-refractivity contribution in [1.82, 2.24) is 0 Å². The summed E-state index contributed by atoms with van der Waals surface area (Å²) in [6, 6.07) is 0. The highest BCUT2D eigenvalue weighted by molar-refractivity contribution is 5.70. The summed E-state index contributed by atoms with van der Waals surface area (Å²) in [5, 5.41) is 0. The van der Waals surface area contributed by atoms with Crippen LogP contribution in [0.5, 0.6) is 0 Å². The molecule has 5 heteroatoms. The summed E-state index contributed by atoms with van der Waals surface area (Å²) >= 11 is 0. The molecule has 5 nitrogen and oxygen atoms in total. The largest absolute Gasteiger partial charge is 0.462 e. The summed E-state index contributed by atoms with van der Waals surface area (Å²) in [6.07, 6.45) is 27.9. The second-order valence-electron chi connectivity index (χ2n) is 10.6. The zero-order chi connectivity index (χ0) is 26.5. The molecule has 214 valence electrons. The fourth-order valence-corrected chi connectivity index (χ4v) is 4.52. The van der Waals surface area contributed by atoms with E-state index in [9.17, 15) is 9.59 Å². The van der Waals surface area contributed by atoms with Gasteiger partial charge in [-0.15, -0.1) is 0 Å². The van der Waals surface area contributed by atoms with E-state index in [1.54, 1.807) is 0 Å². The molecule has 0 spiro atoms. The van der Waals surface area contributed by atoms with Crippen molar-refractivity contribution in [3.8, 4) is 0 Å². The summed E-state index contributed by atoms with van der Waals surface area (Å²) < 4.78 is 10.7. The van der Waals surface area contributed by atoms with Crippen molar-refractivity contribution in [2.24, 2.45) is 5.73 Å². The molecule has 2 N–H and O–H groups in total. The Morgan fingerprint density at radius 2 is 0.861 bits per heavy atom. The molecule has 0 aliphatic carbocycles. The first-order valence-electron chi connectivity index (χ1n) is 15.7. The molecule has 0 heterocycles. The van der Waals surface area contributed by atoms with Crippen molar-refractivity contribution in [2.45, 2.75) is 174 Å². The van der Waals surface area contributed by atoms with Gasteiger partial charge >= 0.3 is 11.9 Å². The Morgan fingerprint density at radius 3 is 1.22 bits per heavy atom. The first-order valence-corrected chi connectivity index (χ1v) is 15.7. The second kappa shape index (κ2) is 28.5. The molecule has 0 aliphatic heterocycles. The van der Waals surface area contributed by atoms with Gasteiger partial charge in [0.15, 0.2) is 0 Å². The average molecular weight is 512 g/mol. The number of carbonyl (C=O) groups excluding carboxylic acids is 2. The van der Waals surface area contributed by atoms with Gasteiger partial charge in [0.25, 0.3) is 0 Å². The number of rotatable bonds is 28. The van der Waals surface area contributed by atoms with Crippen LogP contribution >= 0.6 is 0 Å². The lowest BCUT2D eigenvalue weighted by molar-refractivity contribution is -0.158. The summed E-state index contributed by atoms with van der Waals surface area (Å²) in [4.78, 5) is 24.1. The lowest BCUT2D eigenvalue weighted by Gasteiger charge is -2.16. The van der Waals surface area contributed by atoms with Gasteiger partial charge in [-0.2, -0.15) is 0 Å². The minimum absolute atomic E-state index is 0.0667. The number of carbonyl (C=O) groups is 2. The molecule has 0 amide bonds. The molecule has 0 rings (SSSR count). The van der Waals surface area contributed by atoms with Gasteiger partial charge in [0.05, 0.1) is 0 Å². The maximum Gasteiger partial charge on any atom is 0.306 e. The predicted molar refractivity (Wildman–Crippen MR) is 152 cm³/mol. The van der Waals surface area contributed by atoms with Gasteiger partial charge in [-0.3, -0.25) is 9.59 Å². The second-order valence-corrected chi connectivity index (χ2v) is 10.6. The van der Waals surface area contributed by atoms with E-state index in [2.05, 4.69) is 13.8 Å². The van der Waals surface area contributed by atoms with Crippen LogP contribution in [0.1, 0.15) is 168 Å². The number of unbranched alkanes of at least 4 members (excludes halogenated alkanes) is 20. The third kappa shape index (κ3) is 26.0. The molecule has 36 heavy (non-hydrogen) atoms. The van der Waals surface area contributed by atoms with E-state index in [-0.39, 0.29) is 25.1 Å². The molecule has 0 bridgehead atoms. The maximum atomic E-state index is 12.1. The fraction of sp³-hybridized carbons (Fsp3) is 0.935. The van der Waals surface area contributed by atoms with E-state index in [0.717, 1.165) is 25.7 Å². The van der Waals surface area contributed by atoms with E-state index in [1.807, 2.05) is 0 Å². The van der Waals surface area contributed by atoms with Crippen LogP contribution in [-0.2, 0) is 19.1 Å². The van der Waals surface area contributed by atoms with Crippen molar-refractivity contribution in [3.63, 3.8) is 0 Å². The van der Waals surface area contributed by atoms with Crippen LogP contribution in [0.3, 0.4) is 0 Å². The molecule has 0 saturated carbocycles. The summed E-state index contributed by atoms with van der Waals surface area (Å²) in [6.45, 7) is 4.74. The number of hydrogen-bond acceptors (Lipinski definition) is 5. The predicted octanol–water partition coefficient (Wildman–Crippen LogP) is 8.80. The quantitative estimate of drug-likeness (QED) is 0.0838. The molecule has 0 radical (unpaired) electrons. The van der Waals surface area contributed by atoms with Crippen LogP contribution in [0.15, 0.2) is 0 Å². The molecule has 1 unspecified atom stereocenters. The van der Waals surface area contributed by atoms with Crippen molar-refractivity contribution < 1.29 is 19.1 Å². The van der Waals surface area contributed by atoms with Crippen LogP contribution < -0.4 is 5.73 Å². The minimum Gasteiger partial charge on any atom is -0.462 e. The summed E-state index contributed by atoms with van der Waals surface area (Å²) in [7, 11) is 0. The monoisotopic (exact) mass is 511 g/mol. The highest BCUT2D eigenvalue weighted by Gasteiger charge is 2.15. The highest BCUT2D eigenvalue weighted by Crippen LogP contribution is 2.14. The third-order valence-electron chi connectivity index (χ3n) is 6.96. The van der Waals surface area contributed by atoms with Gasteiger partial charge in [-0.05, 0) is 12.8 Å². The van der Waals surface area contributed by atoms with E-state index in [1.165, 1.54) is 116 Å². The zero-order valence-electron chi connectivity index (χ0n) is 24.2. The van der Waals surface area contributed by atoms with Crippen molar-refractivity contribution in [2.75, 3.05) is 13.2 Å². The normalized spacial score (nSPS) is 12.0. The van der Waals surface area contributed by atoms with Crippen LogP contribution in [0, 0.1) is 0 Å². The van der Waals surface area contributed by atoms with Crippen LogP contribution in [0.2, 0.25) is 0 Å². The molecule has 1 atom stereocenters. The highest BCUT2D eigenvalue weighted by atomic mass is 16.6. The van der Waals surface area contributed by atoms with E-state index >= 15 is 0 Å². The lowest BCUT2D eigenvalue weighted by Crippen LogP contribution is -2.32. The van der Waals surface area contributed by atoms with Crippen molar-refractivity contribution in [1.29, 1.82) is 0 Å². The molecule has 0 saturated heterocycles. The average Bonchev–Trinajstić information content (AvgIpc) is 2.88. The standard InChI is InChI=1S/C31H61NO4/c1-3-5-7-9-11-13-14-15-16-18-19-21-23-25-30(33)35-28-29(27-32)36-31(34)26-24-22-20-17-12-10-8-6-4-2/h29H,3-28,32H2,1-2H3. The van der Waals surface area contributed by atoms with E-state index in [0.29, 0.717) is 12.8 Å². The molecular weight excluding hydrogens is 450 g/mol. The molecule has 0 aliphatic rings. The zero-order valence-corrected chi connectivity index (χ0v) is 24.2. The van der Waals surface area contributed by atoms with Crippen LogP contribution in [0.25, 0.3) is 0 Å². The molecule has 0 fully saturated rings. The number of esters is 2. The van der Waals surface area contributed by atoms with E-state index in [4.69, 9.17) is 15.2 Å². The van der Waals surface area contributed by atoms with Crippen LogP contribution in [-0.4, -0.2) is 31.2 Å². The summed E-state index contributed by atoms with van der Waals surface area (Å²) in [5.74, 6) is -0.451. The Kier molecular flexibility index (Phi) is 27.6. The van der Waals surface area contributed by atoms with Crippen molar-refractivity contribution in [3.05, 3.63) is 0 Å². The Labute approximate surface area is 224 Å². The first kappa shape index (κ1) is 34.9. The Balaban J connectivity index is 3.55. The van der Waals surface area contributed by atoms with Crippen molar-refractivity contribution >= 4 is 11.9 Å². The van der Waals surface area contributed by atoms with E-state index < -0.39 is 6.10 Å². The Morgan fingerprint density at radius 1 is 0.528 bits per heavy atom. The lowest BCUT2D eigenvalue weighted by atomic mass is 10.0. The maximum absolute atomic E-state index is 12.1. The SMILES string of the molecule is CCCCCCCCCCCCCCCC(=O)OCC(CN)OC(=O)CCCCCCCCCCC. The molecule has 0 aromatic rings.